The molecule has 24 heavy (non-hydrogen) atoms. The smallest absolute Gasteiger partial charge is 0.185 e. The van der Waals surface area contributed by atoms with Crippen LogP contribution in [0.2, 0.25) is 0 Å². The summed E-state index contributed by atoms with van der Waals surface area (Å²) in [5, 5.41) is 0. The van der Waals surface area contributed by atoms with Gasteiger partial charge in [-0.25, -0.2) is 0 Å². The Labute approximate surface area is 146 Å². The molecule has 4 nitrogen and oxygen atoms in total. The van der Waals surface area contributed by atoms with Gasteiger partial charge in [-0.2, -0.15) is 0 Å². The summed E-state index contributed by atoms with van der Waals surface area (Å²) in [6.45, 7) is 9.93. The van der Waals surface area contributed by atoms with Crippen LogP contribution >= 0.6 is 0 Å². The van der Waals surface area contributed by atoms with Crippen molar-refractivity contribution in [1.82, 2.24) is 4.81 Å². The summed E-state index contributed by atoms with van der Waals surface area (Å²) in [6.07, 6.45) is 4.55. The van der Waals surface area contributed by atoms with Crippen LogP contribution in [0.25, 0.3) is 6.08 Å². The number of methoxy groups -OCH3 is 1. The zero-order valence-electron chi connectivity index (χ0n) is 15.5. The molecule has 0 bridgehead atoms. The molecule has 2 aliphatic rings. The first kappa shape index (κ1) is 17.4. The predicted octanol–water partition coefficient (Wildman–Crippen LogP) is 1.90. The maximum absolute atomic E-state index is 6.06. The van der Waals surface area contributed by atoms with E-state index in [2.05, 4.69) is 43.7 Å². The van der Waals surface area contributed by atoms with Crippen molar-refractivity contribution in [3.8, 4) is 5.75 Å². The van der Waals surface area contributed by atoms with E-state index in [0.717, 1.165) is 58.0 Å². The molecule has 0 unspecified atom stereocenters. The van der Waals surface area contributed by atoms with Crippen LogP contribution < -0.4 is 9.64 Å². The van der Waals surface area contributed by atoms with Crippen LogP contribution in [0, 0.1) is 0 Å². The maximum atomic E-state index is 6.06. The van der Waals surface area contributed by atoms with E-state index in [1.54, 1.807) is 7.11 Å². The highest BCUT2D eigenvalue weighted by Gasteiger charge is 2.26. The van der Waals surface area contributed by atoms with Gasteiger partial charge in [0.05, 0.1) is 18.8 Å². The monoisotopic (exact) mass is 328 g/mol. The molecule has 130 valence electrons. The summed E-state index contributed by atoms with van der Waals surface area (Å²) >= 11 is 0. The molecule has 0 saturated heterocycles. The highest BCUT2D eigenvalue weighted by atomic mass is 16.5. The summed E-state index contributed by atoms with van der Waals surface area (Å²) < 4.78 is 11.4. The van der Waals surface area contributed by atoms with Crippen LogP contribution in [-0.2, 0) is 17.6 Å². The summed E-state index contributed by atoms with van der Waals surface area (Å²) in [5.41, 5.74) is 6.93. The van der Waals surface area contributed by atoms with Crippen molar-refractivity contribution in [2.45, 2.75) is 26.7 Å². The number of hydrogen-bond donors (Lipinski definition) is 0. The Morgan fingerprint density at radius 1 is 1.29 bits per heavy atom. The summed E-state index contributed by atoms with van der Waals surface area (Å²) in [6, 6.07) is 2.30. The molecule has 1 aromatic rings. The minimum absolute atomic E-state index is 0.744. The molecule has 0 radical (unpaired) electrons. The molecular weight excluding hydrogens is 299 g/mol. The average molecular weight is 328 g/mol. The van der Waals surface area contributed by atoms with Crippen LogP contribution in [0.3, 0.4) is 0 Å². The van der Waals surface area contributed by atoms with Gasteiger partial charge in [-0.15, -0.1) is 0 Å². The molecule has 0 spiro atoms. The lowest BCUT2D eigenvalue weighted by Gasteiger charge is -2.34. The molecule has 0 aliphatic carbocycles. The molecule has 5 heteroatoms. The summed E-state index contributed by atoms with van der Waals surface area (Å²) in [7, 11) is 3.99. The topological polar surface area (TPSA) is 24.9 Å². The Hall–Kier alpha value is -1.46. The molecule has 1 aromatic carbocycles. The van der Waals surface area contributed by atoms with E-state index in [1.807, 2.05) is 0 Å². The van der Waals surface area contributed by atoms with Gasteiger partial charge in [-0.1, -0.05) is 11.6 Å². The zero-order chi connectivity index (χ0) is 17.1. The Bertz CT molecular complexity index is 626. The van der Waals surface area contributed by atoms with Gasteiger partial charge >= 0.3 is 0 Å². The minimum Gasteiger partial charge on any atom is -0.490 e. The first-order chi connectivity index (χ1) is 11.6. The SMILES string of the molecule is BN1CCc2cc3c(c(C=C(C)C)c2CC1)N(CCOC)CCO3. The van der Waals surface area contributed by atoms with Gasteiger partial charge < -0.3 is 19.2 Å². The van der Waals surface area contributed by atoms with Crippen molar-refractivity contribution < 1.29 is 9.47 Å². The van der Waals surface area contributed by atoms with Crippen LogP contribution in [0.4, 0.5) is 5.69 Å². The number of ether oxygens (including phenoxy) is 2. The van der Waals surface area contributed by atoms with Gasteiger partial charge in [0.2, 0.25) is 0 Å². The van der Waals surface area contributed by atoms with E-state index in [4.69, 9.17) is 9.47 Å². The fraction of sp³-hybridized carbons (Fsp3) is 0.579. The summed E-state index contributed by atoms with van der Waals surface area (Å²) in [4.78, 5) is 4.86. The van der Waals surface area contributed by atoms with Gasteiger partial charge in [0, 0.05) is 19.2 Å². The van der Waals surface area contributed by atoms with Crippen molar-refractivity contribution in [3.05, 3.63) is 28.3 Å². The van der Waals surface area contributed by atoms with Crippen molar-refractivity contribution >= 4 is 19.7 Å². The first-order valence-corrected chi connectivity index (χ1v) is 8.99. The third-order valence-electron chi connectivity index (χ3n) is 4.95. The van der Waals surface area contributed by atoms with E-state index < -0.39 is 0 Å². The van der Waals surface area contributed by atoms with Crippen LogP contribution in [0.1, 0.15) is 30.5 Å². The number of anilines is 1. The van der Waals surface area contributed by atoms with Crippen molar-refractivity contribution in [2.75, 3.05) is 51.4 Å². The molecular formula is C19H29BN2O2. The summed E-state index contributed by atoms with van der Waals surface area (Å²) in [5.74, 6) is 1.05. The third kappa shape index (κ3) is 3.62. The van der Waals surface area contributed by atoms with E-state index in [0.29, 0.717) is 0 Å². The van der Waals surface area contributed by atoms with Gasteiger partial charge in [0.15, 0.2) is 7.98 Å². The number of allylic oxidation sites excluding steroid dienone is 1. The molecule has 3 rings (SSSR count). The lowest BCUT2D eigenvalue weighted by Crippen LogP contribution is -2.36. The maximum Gasteiger partial charge on any atom is 0.185 e. The highest BCUT2D eigenvalue weighted by molar-refractivity contribution is 6.04. The standard InChI is InChI=1S/C19H29BN2O2/c1-14(2)12-17-16-5-7-22(20)6-4-15(16)13-18-19(17)21(8-10-23-3)9-11-24-18/h12-13H,4-11,20H2,1-3H3. The molecule has 0 atom stereocenters. The molecule has 0 amide bonds. The molecule has 0 fully saturated rings. The average Bonchev–Trinajstić information content (AvgIpc) is 2.74. The Kier molecular flexibility index (Phi) is 5.52. The van der Waals surface area contributed by atoms with Gasteiger partial charge in [-0.3, -0.25) is 0 Å². The van der Waals surface area contributed by atoms with Gasteiger partial charge in [0.25, 0.3) is 0 Å². The van der Waals surface area contributed by atoms with Crippen molar-refractivity contribution in [2.24, 2.45) is 0 Å². The van der Waals surface area contributed by atoms with Crippen LogP contribution in [0.5, 0.6) is 5.75 Å². The number of benzene rings is 1. The van der Waals surface area contributed by atoms with Crippen LogP contribution in [0.15, 0.2) is 11.6 Å². The normalized spacial score (nSPS) is 17.5. The number of rotatable bonds is 4. The number of fused-ring (bicyclic) bond motifs is 2. The largest absolute Gasteiger partial charge is 0.490 e. The fourth-order valence-corrected chi connectivity index (χ4v) is 3.69. The molecule has 0 aromatic heterocycles. The van der Waals surface area contributed by atoms with Crippen molar-refractivity contribution in [1.29, 1.82) is 0 Å². The molecule has 2 heterocycles. The lowest BCUT2D eigenvalue weighted by molar-refractivity contribution is 0.201. The molecule has 0 saturated carbocycles. The quantitative estimate of drug-likeness (QED) is 0.789. The highest BCUT2D eigenvalue weighted by Crippen LogP contribution is 2.41. The fourth-order valence-electron chi connectivity index (χ4n) is 3.69. The minimum atomic E-state index is 0.744. The molecule has 0 N–H and O–H groups in total. The van der Waals surface area contributed by atoms with E-state index >= 15 is 0 Å². The second-order valence-electron chi connectivity index (χ2n) is 7.13. The van der Waals surface area contributed by atoms with Crippen LogP contribution in [-0.4, -0.2) is 59.3 Å². The van der Waals surface area contributed by atoms with E-state index in [-0.39, 0.29) is 0 Å². The van der Waals surface area contributed by atoms with E-state index in [9.17, 15) is 0 Å². The second-order valence-corrected chi connectivity index (χ2v) is 7.13. The number of hydrogen-bond acceptors (Lipinski definition) is 4. The molecule has 2 aliphatic heterocycles. The van der Waals surface area contributed by atoms with Crippen molar-refractivity contribution in [3.63, 3.8) is 0 Å². The Morgan fingerprint density at radius 2 is 2.08 bits per heavy atom. The Balaban J connectivity index is 2.12. The van der Waals surface area contributed by atoms with E-state index in [1.165, 1.54) is 28.0 Å². The predicted molar refractivity (Wildman–Crippen MR) is 103 cm³/mol. The third-order valence-corrected chi connectivity index (χ3v) is 4.95. The second kappa shape index (κ2) is 7.62. The van der Waals surface area contributed by atoms with Gasteiger partial charge in [0.1, 0.15) is 12.4 Å². The van der Waals surface area contributed by atoms with Gasteiger partial charge in [-0.05, 0) is 57.0 Å². The Morgan fingerprint density at radius 3 is 2.83 bits per heavy atom. The first-order valence-electron chi connectivity index (χ1n) is 8.99. The number of nitrogens with zero attached hydrogens (tertiary/aromatic N) is 2. The zero-order valence-corrected chi connectivity index (χ0v) is 15.5. The lowest BCUT2D eigenvalue weighted by atomic mass is 9.92.